The molecular formula is C12H15ClFNO. The van der Waals surface area contributed by atoms with Crippen molar-refractivity contribution in [1.82, 2.24) is 0 Å². The summed E-state index contributed by atoms with van der Waals surface area (Å²) >= 11 is 5.73. The Morgan fingerprint density at radius 3 is 2.94 bits per heavy atom. The molecule has 1 fully saturated rings. The molecule has 1 aliphatic rings. The van der Waals surface area contributed by atoms with Crippen molar-refractivity contribution in [2.75, 3.05) is 6.61 Å². The highest BCUT2D eigenvalue weighted by atomic mass is 35.5. The van der Waals surface area contributed by atoms with Gasteiger partial charge in [0.15, 0.2) is 0 Å². The van der Waals surface area contributed by atoms with Crippen molar-refractivity contribution in [3.05, 3.63) is 34.6 Å². The second kappa shape index (κ2) is 4.32. The Labute approximate surface area is 99.5 Å². The van der Waals surface area contributed by atoms with Gasteiger partial charge in [-0.2, -0.15) is 0 Å². The number of ether oxygens (including phenoxy) is 1. The summed E-state index contributed by atoms with van der Waals surface area (Å²) in [5.74, 6) is -0.396. The Morgan fingerprint density at radius 1 is 1.62 bits per heavy atom. The van der Waals surface area contributed by atoms with Gasteiger partial charge in [0.1, 0.15) is 5.82 Å². The molecule has 2 atom stereocenters. The van der Waals surface area contributed by atoms with Crippen LogP contribution in [-0.4, -0.2) is 18.2 Å². The molecule has 0 aromatic heterocycles. The molecule has 2 unspecified atom stereocenters. The van der Waals surface area contributed by atoms with Crippen molar-refractivity contribution in [2.24, 2.45) is 5.73 Å². The van der Waals surface area contributed by atoms with Crippen LogP contribution >= 0.6 is 11.6 Å². The lowest BCUT2D eigenvalue weighted by Crippen LogP contribution is -2.47. The zero-order valence-electron chi connectivity index (χ0n) is 9.17. The van der Waals surface area contributed by atoms with Crippen molar-refractivity contribution in [2.45, 2.75) is 31.4 Å². The SMILES string of the molecule is CC1OCCC1(N)Cc1ccc(F)c(Cl)c1. The lowest BCUT2D eigenvalue weighted by Gasteiger charge is -2.27. The summed E-state index contributed by atoms with van der Waals surface area (Å²) in [6.07, 6.45) is 1.51. The van der Waals surface area contributed by atoms with E-state index in [0.29, 0.717) is 13.0 Å². The maximum atomic E-state index is 13.0. The van der Waals surface area contributed by atoms with Crippen LogP contribution in [0, 0.1) is 5.82 Å². The van der Waals surface area contributed by atoms with Crippen molar-refractivity contribution in [3.63, 3.8) is 0 Å². The third kappa shape index (κ3) is 2.21. The number of benzene rings is 1. The van der Waals surface area contributed by atoms with E-state index >= 15 is 0 Å². The summed E-state index contributed by atoms with van der Waals surface area (Å²) in [6, 6.07) is 4.74. The molecule has 1 aliphatic heterocycles. The molecule has 0 amide bonds. The molecular weight excluding hydrogens is 229 g/mol. The molecule has 1 saturated heterocycles. The minimum absolute atomic E-state index is 0.0244. The third-order valence-electron chi connectivity index (χ3n) is 3.26. The number of hydrogen-bond acceptors (Lipinski definition) is 2. The molecule has 16 heavy (non-hydrogen) atoms. The van der Waals surface area contributed by atoms with Gasteiger partial charge in [0.25, 0.3) is 0 Å². The van der Waals surface area contributed by atoms with Gasteiger partial charge < -0.3 is 10.5 Å². The van der Waals surface area contributed by atoms with E-state index in [4.69, 9.17) is 22.1 Å². The van der Waals surface area contributed by atoms with Gasteiger partial charge in [0, 0.05) is 12.1 Å². The lowest BCUT2D eigenvalue weighted by molar-refractivity contribution is 0.0955. The van der Waals surface area contributed by atoms with Crippen molar-refractivity contribution in [1.29, 1.82) is 0 Å². The Balaban J connectivity index is 2.17. The van der Waals surface area contributed by atoms with Crippen molar-refractivity contribution < 1.29 is 9.13 Å². The van der Waals surface area contributed by atoms with E-state index in [0.717, 1.165) is 12.0 Å². The van der Waals surface area contributed by atoms with Gasteiger partial charge in [-0.25, -0.2) is 4.39 Å². The van der Waals surface area contributed by atoms with Gasteiger partial charge in [-0.05, 0) is 37.5 Å². The Morgan fingerprint density at radius 2 is 2.38 bits per heavy atom. The molecule has 4 heteroatoms. The molecule has 0 aliphatic carbocycles. The van der Waals surface area contributed by atoms with Gasteiger partial charge in [-0.15, -0.1) is 0 Å². The van der Waals surface area contributed by atoms with Gasteiger partial charge in [-0.1, -0.05) is 17.7 Å². The minimum atomic E-state index is -0.396. The topological polar surface area (TPSA) is 35.2 Å². The third-order valence-corrected chi connectivity index (χ3v) is 3.55. The highest BCUT2D eigenvalue weighted by Crippen LogP contribution is 2.28. The normalized spacial score (nSPS) is 29.6. The smallest absolute Gasteiger partial charge is 0.141 e. The second-order valence-corrected chi connectivity index (χ2v) is 4.83. The first-order valence-corrected chi connectivity index (χ1v) is 5.73. The first kappa shape index (κ1) is 11.8. The Kier molecular flexibility index (Phi) is 3.19. The van der Waals surface area contributed by atoms with Crippen LogP contribution < -0.4 is 5.73 Å². The molecule has 1 aromatic rings. The fraction of sp³-hybridized carbons (Fsp3) is 0.500. The lowest BCUT2D eigenvalue weighted by atomic mass is 9.86. The molecule has 2 N–H and O–H groups in total. The first-order chi connectivity index (χ1) is 7.51. The molecule has 2 nitrogen and oxygen atoms in total. The summed E-state index contributed by atoms with van der Waals surface area (Å²) in [5, 5.41) is 0.146. The van der Waals surface area contributed by atoms with Gasteiger partial charge >= 0.3 is 0 Å². The van der Waals surface area contributed by atoms with E-state index in [1.807, 2.05) is 6.92 Å². The fourth-order valence-electron chi connectivity index (χ4n) is 2.06. The average Bonchev–Trinajstić information content (AvgIpc) is 2.53. The average molecular weight is 244 g/mol. The fourth-order valence-corrected chi connectivity index (χ4v) is 2.26. The van der Waals surface area contributed by atoms with Crippen molar-refractivity contribution in [3.8, 4) is 0 Å². The standard InChI is InChI=1S/C12H15ClFNO/c1-8-12(15,4-5-16-8)7-9-2-3-11(14)10(13)6-9/h2-3,6,8H,4-5,7,15H2,1H3. The monoisotopic (exact) mass is 243 g/mol. The zero-order chi connectivity index (χ0) is 11.8. The number of nitrogens with two attached hydrogens (primary N) is 1. The molecule has 2 rings (SSSR count). The van der Waals surface area contributed by atoms with E-state index in [9.17, 15) is 4.39 Å². The summed E-state index contributed by atoms with van der Waals surface area (Å²) in [5.41, 5.74) is 6.85. The number of halogens is 2. The molecule has 0 radical (unpaired) electrons. The van der Waals surface area contributed by atoms with Crippen molar-refractivity contribution >= 4 is 11.6 Å². The van der Waals surface area contributed by atoms with Crippen LogP contribution in [0.15, 0.2) is 18.2 Å². The molecule has 1 aromatic carbocycles. The minimum Gasteiger partial charge on any atom is -0.377 e. The Hall–Kier alpha value is -0.640. The van der Waals surface area contributed by atoms with Crippen LogP contribution in [0.3, 0.4) is 0 Å². The molecule has 1 heterocycles. The second-order valence-electron chi connectivity index (χ2n) is 4.42. The van der Waals surface area contributed by atoms with Crippen LogP contribution in [0.25, 0.3) is 0 Å². The van der Waals surface area contributed by atoms with Crippen LogP contribution in [0.5, 0.6) is 0 Å². The van der Waals surface area contributed by atoms with Crippen LogP contribution in [-0.2, 0) is 11.2 Å². The maximum Gasteiger partial charge on any atom is 0.141 e. The predicted molar refractivity (Wildman–Crippen MR) is 62.1 cm³/mol. The summed E-state index contributed by atoms with van der Waals surface area (Å²) in [7, 11) is 0. The molecule has 0 saturated carbocycles. The molecule has 88 valence electrons. The van der Waals surface area contributed by atoms with Crippen LogP contribution in [0.2, 0.25) is 5.02 Å². The quantitative estimate of drug-likeness (QED) is 0.866. The Bertz CT molecular complexity index is 399. The highest BCUT2D eigenvalue weighted by Gasteiger charge is 2.37. The largest absolute Gasteiger partial charge is 0.377 e. The van der Waals surface area contributed by atoms with Gasteiger partial charge in [0.05, 0.1) is 11.1 Å². The maximum absolute atomic E-state index is 13.0. The van der Waals surface area contributed by atoms with E-state index in [1.165, 1.54) is 6.07 Å². The zero-order valence-corrected chi connectivity index (χ0v) is 9.93. The summed E-state index contributed by atoms with van der Waals surface area (Å²) in [4.78, 5) is 0. The summed E-state index contributed by atoms with van der Waals surface area (Å²) < 4.78 is 18.5. The van der Waals surface area contributed by atoms with E-state index in [-0.39, 0.29) is 16.7 Å². The first-order valence-electron chi connectivity index (χ1n) is 5.36. The van der Waals surface area contributed by atoms with Gasteiger partial charge in [-0.3, -0.25) is 0 Å². The summed E-state index contributed by atoms with van der Waals surface area (Å²) in [6.45, 7) is 2.66. The van der Waals surface area contributed by atoms with E-state index in [2.05, 4.69) is 0 Å². The highest BCUT2D eigenvalue weighted by molar-refractivity contribution is 6.30. The van der Waals surface area contributed by atoms with Gasteiger partial charge in [0.2, 0.25) is 0 Å². The molecule has 0 spiro atoms. The van der Waals surface area contributed by atoms with Crippen LogP contribution in [0.4, 0.5) is 4.39 Å². The number of hydrogen-bond donors (Lipinski definition) is 1. The van der Waals surface area contributed by atoms with Crippen LogP contribution in [0.1, 0.15) is 18.9 Å². The van der Waals surface area contributed by atoms with E-state index < -0.39 is 5.82 Å². The van der Waals surface area contributed by atoms with E-state index in [1.54, 1.807) is 12.1 Å². The predicted octanol–water partition coefficient (Wildman–Crippen LogP) is 2.53. The number of rotatable bonds is 2. The molecule has 0 bridgehead atoms.